The second-order valence-corrected chi connectivity index (χ2v) is 9.18. The molecule has 2 aromatic carbocycles. The maximum atomic E-state index is 13.8. The summed E-state index contributed by atoms with van der Waals surface area (Å²) in [7, 11) is 1.70. The van der Waals surface area contributed by atoms with E-state index < -0.39 is 0 Å². The van der Waals surface area contributed by atoms with Gasteiger partial charge in [-0.3, -0.25) is 9.59 Å². The highest BCUT2D eigenvalue weighted by Gasteiger charge is 2.43. The molecule has 33 heavy (non-hydrogen) atoms. The van der Waals surface area contributed by atoms with Gasteiger partial charge in [0.25, 0.3) is 0 Å². The van der Waals surface area contributed by atoms with Gasteiger partial charge in [0, 0.05) is 70.2 Å². The molecule has 2 fully saturated rings. The number of methoxy groups -OCH3 is 1. The fourth-order valence-electron chi connectivity index (χ4n) is 5.54. The van der Waals surface area contributed by atoms with Gasteiger partial charge in [-0.1, -0.05) is 24.3 Å². The Kier molecular flexibility index (Phi) is 5.87. The van der Waals surface area contributed by atoms with Gasteiger partial charge in [0.2, 0.25) is 11.8 Å². The average Bonchev–Trinajstić information content (AvgIpc) is 2.87. The van der Waals surface area contributed by atoms with E-state index >= 15 is 0 Å². The lowest BCUT2D eigenvalue weighted by atomic mass is 9.82. The Morgan fingerprint density at radius 3 is 2.33 bits per heavy atom. The van der Waals surface area contributed by atoms with E-state index in [0.717, 1.165) is 31.8 Å². The number of ether oxygens (including phenoxy) is 1. The zero-order chi connectivity index (χ0) is 22.9. The number of anilines is 2. The van der Waals surface area contributed by atoms with Gasteiger partial charge in [0.1, 0.15) is 5.75 Å². The Bertz CT molecular complexity index is 1020. The number of amides is 2. The molecule has 0 radical (unpaired) electrons. The van der Waals surface area contributed by atoms with Gasteiger partial charge in [0.15, 0.2) is 0 Å². The molecule has 0 aromatic heterocycles. The zero-order valence-corrected chi connectivity index (χ0v) is 19.4. The maximum Gasteiger partial charge on any atom is 0.228 e. The van der Waals surface area contributed by atoms with Crippen LogP contribution in [0.15, 0.2) is 48.5 Å². The summed E-state index contributed by atoms with van der Waals surface area (Å²) < 4.78 is 5.50. The van der Waals surface area contributed by atoms with Crippen molar-refractivity contribution in [2.24, 2.45) is 5.92 Å². The Morgan fingerprint density at radius 1 is 0.909 bits per heavy atom. The fourth-order valence-corrected chi connectivity index (χ4v) is 5.54. The van der Waals surface area contributed by atoms with Gasteiger partial charge in [0.05, 0.1) is 19.1 Å². The summed E-state index contributed by atoms with van der Waals surface area (Å²) in [6.45, 7) is 6.64. The van der Waals surface area contributed by atoms with E-state index in [4.69, 9.17) is 4.74 Å². The molecular formula is C26H32N4O3. The minimum absolute atomic E-state index is 0.0830. The molecule has 0 saturated carbocycles. The van der Waals surface area contributed by atoms with Gasteiger partial charge in [-0.05, 0) is 30.2 Å². The van der Waals surface area contributed by atoms with Crippen molar-refractivity contribution < 1.29 is 14.3 Å². The normalized spacial score (nSPS) is 22.5. The SMILES string of the molecule is COc1ccc2c(c1)N1CCN(c3ccccc3)C[C@@H]1[C@H](C(=O)N1CCN(C(C)=O)CC1)C2. The summed E-state index contributed by atoms with van der Waals surface area (Å²) >= 11 is 0. The highest BCUT2D eigenvalue weighted by molar-refractivity contribution is 5.83. The first-order valence-corrected chi connectivity index (χ1v) is 11.8. The zero-order valence-electron chi connectivity index (χ0n) is 19.4. The predicted octanol–water partition coefficient (Wildman–Crippen LogP) is 2.25. The number of para-hydroxylation sites is 1. The summed E-state index contributed by atoms with van der Waals surface area (Å²) in [5.41, 5.74) is 3.60. The minimum Gasteiger partial charge on any atom is -0.497 e. The topological polar surface area (TPSA) is 56.3 Å². The van der Waals surface area contributed by atoms with E-state index in [1.165, 1.54) is 16.9 Å². The molecule has 5 rings (SSSR count). The molecule has 7 nitrogen and oxygen atoms in total. The monoisotopic (exact) mass is 448 g/mol. The van der Waals surface area contributed by atoms with Crippen LogP contribution in [0.4, 0.5) is 11.4 Å². The second-order valence-electron chi connectivity index (χ2n) is 9.18. The van der Waals surface area contributed by atoms with Crippen molar-refractivity contribution in [2.75, 3.05) is 62.7 Å². The summed E-state index contributed by atoms with van der Waals surface area (Å²) in [5.74, 6) is 1.04. The first kappa shape index (κ1) is 21.6. The molecule has 0 N–H and O–H groups in total. The number of carbonyl (C=O) groups excluding carboxylic acids is 2. The first-order valence-electron chi connectivity index (χ1n) is 11.8. The van der Waals surface area contributed by atoms with Crippen LogP contribution in [0.25, 0.3) is 0 Å². The van der Waals surface area contributed by atoms with E-state index in [9.17, 15) is 9.59 Å². The molecule has 0 bridgehead atoms. The quantitative estimate of drug-likeness (QED) is 0.721. The van der Waals surface area contributed by atoms with Crippen molar-refractivity contribution in [2.45, 2.75) is 19.4 Å². The Morgan fingerprint density at radius 2 is 1.64 bits per heavy atom. The number of fused-ring (bicyclic) bond motifs is 3. The highest BCUT2D eigenvalue weighted by Crippen LogP contribution is 2.39. The third-order valence-electron chi connectivity index (χ3n) is 7.40. The van der Waals surface area contributed by atoms with Gasteiger partial charge >= 0.3 is 0 Å². The Labute approximate surface area is 195 Å². The van der Waals surface area contributed by atoms with Gasteiger partial charge in [-0.15, -0.1) is 0 Å². The number of piperazine rings is 2. The lowest BCUT2D eigenvalue weighted by molar-refractivity contribution is -0.142. The van der Waals surface area contributed by atoms with E-state index in [1.54, 1.807) is 14.0 Å². The number of carbonyl (C=O) groups is 2. The molecule has 2 atom stereocenters. The number of hydrogen-bond acceptors (Lipinski definition) is 5. The second kappa shape index (κ2) is 8.96. The van der Waals surface area contributed by atoms with E-state index in [-0.39, 0.29) is 23.8 Å². The standard InChI is InChI=1S/C26H32N4O3/c1-19(31)27-10-12-28(13-11-27)26(32)23-16-20-8-9-22(33-2)17-24(20)30-15-14-29(18-25(23)30)21-6-4-3-5-7-21/h3-9,17,23,25H,10-16,18H2,1-2H3/t23-,25-/m1/s1. The Hall–Kier alpha value is -3.22. The highest BCUT2D eigenvalue weighted by atomic mass is 16.5. The van der Waals surface area contributed by atoms with Crippen molar-refractivity contribution >= 4 is 23.2 Å². The van der Waals surface area contributed by atoms with E-state index in [0.29, 0.717) is 26.2 Å². The molecule has 0 unspecified atom stereocenters. The Balaban J connectivity index is 1.43. The van der Waals surface area contributed by atoms with Gasteiger partial charge in [-0.25, -0.2) is 0 Å². The molecular weight excluding hydrogens is 416 g/mol. The number of nitrogens with zero attached hydrogens (tertiary/aromatic N) is 4. The fraction of sp³-hybridized carbons (Fsp3) is 0.462. The van der Waals surface area contributed by atoms with Crippen molar-refractivity contribution in [1.29, 1.82) is 0 Å². The molecule has 7 heteroatoms. The summed E-state index contributed by atoms with van der Waals surface area (Å²) in [6, 6.07) is 16.8. The molecule has 0 aliphatic carbocycles. The first-order chi connectivity index (χ1) is 16.0. The van der Waals surface area contributed by atoms with Crippen LogP contribution < -0.4 is 14.5 Å². The molecule has 2 amide bonds. The number of hydrogen-bond donors (Lipinski definition) is 0. The summed E-state index contributed by atoms with van der Waals surface area (Å²) in [5, 5.41) is 0. The lowest BCUT2D eigenvalue weighted by Gasteiger charge is -2.50. The van der Waals surface area contributed by atoms with Crippen molar-refractivity contribution in [3.05, 3.63) is 54.1 Å². The van der Waals surface area contributed by atoms with Crippen molar-refractivity contribution in [3.8, 4) is 5.75 Å². The molecule has 174 valence electrons. The minimum atomic E-state index is -0.110. The van der Waals surface area contributed by atoms with Gasteiger partial charge < -0.3 is 24.3 Å². The summed E-state index contributed by atoms with van der Waals surface area (Å²) in [6.07, 6.45) is 0.731. The van der Waals surface area contributed by atoms with E-state index in [2.05, 4.69) is 46.2 Å². The lowest BCUT2D eigenvalue weighted by Crippen LogP contribution is -2.62. The smallest absolute Gasteiger partial charge is 0.228 e. The molecule has 3 aliphatic rings. The molecule has 0 spiro atoms. The molecule has 3 heterocycles. The van der Waals surface area contributed by atoms with Crippen molar-refractivity contribution in [1.82, 2.24) is 9.80 Å². The molecule has 2 saturated heterocycles. The van der Waals surface area contributed by atoms with Crippen LogP contribution in [0.3, 0.4) is 0 Å². The van der Waals surface area contributed by atoms with Crippen molar-refractivity contribution in [3.63, 3.8) is 0 Å². The average molecular weight is 449 g/mol. The molecule has 2 aromatic rings. The van der Waals surface area contributed by atoms with Crippen LogP contribution in [0, 0.1) is 5.92 Å². The van der Waals surface area contributed by atoms with Crippen LogP contribution in [0.1, 0.15) is 12.5 Å². The maximum absolute atomic E-state index is 13.8. The predicted molar refractivity (Wildman–Crippen MR) is 129 cm³/mol. The van der Waals surface area contributed by atoms with Crippen LogP contribution >= 0.6 is 0 Å². The van der Waals surface area contributed by atoms with Crippen LogP contribution in [-0.2, 0) is 16.0 Å². The third kappa shape index (κ3) is 4.12. The number of benzene rings is 2. The van der Waals surface area contributed by atoms with Crippen LogP contribution in [-0.4, -0.2) is 80.6 Å². The third-order valence-corrected chi connectivity index (χ3v) is 7.40. The van der Waals surface area contributed by atoms with Crippen LogP contribution in [0.2, 0.25) is 0 Å². The van der Waals surface area contributed by atoms with Gasteiger partial charge in [-0.2, -0.15) is 0 Å². The summed E-state index contributed by atoms with van der Waals surface area (Å²) in [4.78, 5) is 34.2. The van der Waals surface area contributed by atoms with E-state index in [1.807, 2.05) is 21.9 Å². The number of rotatable bonds is 3. The molecule has 3 aliphatic heterocycles. The van der Waals surface area contributed by atoms with Crippen LogP contribution in [0.5, 0.6) is 5.75 Å². The largest absolute Gasteiger partial charge is 0.497 e.